The number of imidazole rings is 1. The predicted molar refractivity (Wildman–Crippen MR) is 57.1 cm³/mol. The smallest absolute Gasteiger partial charge is 0.201 e. The van der Waals surface area contributed by atoms with E-state index in [0.29, 0.717) is 6.17 Å². The molecule has 78 valence electrons. The van der Waals surface area contributed by atoms with Crippen LogP contribution in [0, 0.1) is 0 Å². The molecule has 1 aliphatic heterocycles. The van der Waals surface area contributed by atoms with Gasteiger partial charge in [0.15, 0.2) is 0 Å². The van der Waals surface area contributed by atoms with Crippen LogP contribution in [0.15, 0.2) is 12.4 Å². The molecular formula is C10H18N4. The summed E-state index contributed by atoms with van der Waals surface area (Å²) in [6.07, 6.45) is 8.01. The number of aromatic amines is 1. The molecule has 4 nitrogen and oxygen atoms in total. The summed E-state index contributed by atoms with van der Waals surface area (Å²) in [4.78, 5) is 9.68. The summed E-state index contributed by atoms with van der Waals surface area (Å²) < 4.78 is 0. The molecule has 1 saturated heterocycles. The van der Waals surface area contributed by atoms with Crippen LogP contribution in [-0.2, 0) is 0 Å². The van der Waals surface area contributed by atoms with Gasteiger partial charge in [-0.2, -0.15) is 0 Å². The Morgan fingerprint density at radius 3 is 2.86 bits per heavy atom. The van der Waals surface area contributed by atoms with Crippen LogP contribution in [0.2, 0.25) is 0 Å². The second-order valence-electron chi connectivity index (χ2n) is 3.85. The quantitative estimate of drug-likeness (QED) is 0.769. The van der Waals surface area contributed by atoms with E-state index >= 15 is 0 Å². The van der Waals surface area contributed by atoms with Gasteiger partial charge in [-0.05, 0) is 19.8 Å². The Bertz CT molecular complexity index is 251. The molecule has 1 aromatic rings. The fraction of sp³-hybridized carbons (Fsp3) is 0.700. The second kappa shape index (κ2) is 4.46. The molecule has 0 spiro atoms. The Balaban J connectivity index is 1.85. The van der Waals surface area contributed by atoms with Crippen molar-refractivity contribution in [3.8, 4) is 0 Å². The number of piperidine rings is 1. The predicted octanol–water partition coefficient (Wildman–Crippen LogP) is 1.65. The summed E-state index contributed by atoms with van der Waals surface area (Å²) in [6, 6.07) is 0. The third-order valence-corrected chi connectivity index (χ3v) is 2.78. The SMILES string of the molecule is CC(Nc1ncc[nH]1)N1CCCCC1. The molecular weight excluding hydrogens is 176 g/mol. The van der Waals surface area contributed by atoms with Gasteiger partial charge in [-0.1, -0.05) is 6.42 Å². The molecule has 0 amide bonds. The van der Waals surface area contributed by atoms with E-state index in [0.717, 1.165) is 5.95 Å². The average Bonchev–Trinajstić information content (AvgIpc) is 2.72. The molecule has 1 aliphatic rings. The molecule has 1 fully saturated rings. The summed E-state index contributed by atoms with van der Waals surface area (Å²) >= 11 is 0. The molecule has 0 aliphatic carbocycles. The van der Waals surface area contributed by atoms with Crippen molar-refractivity contribution in [3.63, 3.8) is 0 Å². The number of nitrogens with zero attached hydrogens (tertiary/aromatic N) is 2. The van der Waals surface area contributed by atoms with Crippen LogP contribution in [-0.4, -0.2) is 34.1 Å². The molecule has 0 saturated carbocycles. The van der Waals surface area contributed by atoms with Gasteiger partial charge in [0, 0.05) is 25.5 Å². The normalized spacial score (nSPS) is 20.6. The Labute approximate surface area is 84.7 Å². The second-order valence-corrected chi connectivity index (χ2v) is 3.85. The first-order chi connectivity index (χ1) is 6.86. The van der Waals surface area contributed by atoms with Gasteiger partial charge in [0.25, 0.3) is 0 Å². The number of hydrogen-bond donors (Lipinski definition) is 2. The molecule has 0 aromatic carbocycles. The largest absolute Gasteiger partial charge is 0.341 e. The highest BCUT2D eigenvalue weighted by Gasteiger charge is 2.16. The standard InChI is InChI=1S/C10H18N4/c1-9(13-10-11-5-6-12-10)14-7-3-2-4-8-14/h5-6,9H,2-4,7-8H2,1H3,(H2,11,12,13). The zero-order chi connectivity index (χ0) is 9.80. The van der Waals surface area contributed by atoms with Crippen molar-refractivity contribution in [2.75, 3.05) is 18.4 Å². The van der Waals surface area contributed by atoms with Gasteiger partial charge in [-0.3, -0.25) is 4.90 Å². The molecule has 0 radical (unpaired) electrons. The molecule has 1 unspecified atom stereocenters. The number of H-pyrrole nitrogens is 1. The van der Waals surface area contributed by atoms with E-state index in [4.69, 9.17) is 0 Å². The molecule has 2 rings (SSSR count). The highest BCUT2D eigenvalue weighted by Crippen LogP contribution is 2.12. The van der Waals surface area contributed by atoms with Gasteiger partial charge in [-0.15, -0.1) is 0 Å². The lowest BCUT2D eigenvalue weighted by Gasteiger charge is -2.32. The maximum absolute atomic E-state index is 4.16. The van der Waals surface area contributed by atoms with E-state index in [2.05, 4.69) is 27.1 Å². The lowest BCUT2D eigenvalue weighted by molar-refractivity contribution is 0.189. The molecule has 1 aromatic heterocycles. The Kier molecular flexibility index (Phi) is 3.03. The third-order valence-electron chi connectivity index (χ3n) is 2.78. The van der Waals surface area contributed by atoms with Gasteiger partial charge in [0.1, 0.15) is 0 Å². The van der Waals surface area contributed by atoms with Crippen molar-refractivity contribution in [1.29, 1.82) is 0 Å². The van der Waals surface area contributed by atoms with E-state index in [-0.39, 0.29) is 0 Å². The maximum Gasteiger partial charge on any atom is 0.201 e. The Morgan fingerprint density at radius 2 is 2.21 bits per heavy atom. The number of hydrogen-bond acceptors (Lipinski definition) is 3. The zero-order valence-electron chi connectivity index (χ0n) is 8.66. The monoisotopic (exact) mass is 194 g/mol. The number of nitrogens with one attached hydrogen (secondary N) is 2. The first kappa shape index (κ1) is 9.52. The minimum atomic E-state index is 0.376. The number of aromatic nitrogens is 2. The van der Waals surface area contributed by atoms with E-state index in [9.17, 15) is 0 Å². The van der Waals surface area contributed by atoms with Crippen molar-refractivity contribution >= 4 is 5.95 Å². The lowest BCUT2D eigenvalue weighted by atomic mass is 10.1. The fourth-order valence-corrected chi connectivity index (χ4v) is 1.94. The minimum absolute atomic E-state index is 0.376. The first-order valence-electron chi connectivity index (χ1n) is 5.36. The highest BCUT2D eigenvalue weighted by atomic mass is 15.3. The van der Waals surface area contributed by atoms with Crippen LogP contribution in [0.3, 0.4) is 0 Å². The van der Waals surface area contributed by atoms with Gasteiger partial charge in [-0.25, -0.2) is 4.98 Å². The van der Waals surface area contributed by atoms with E-state index in [1.54, 1.807) is 6.20 Å². The number of anilines is 1. The summed E-state index contributed by atoms with van der Waals surface area (Å²) in [6.45, 7) is 4.59. The van der Waals surface area contributed by atoms with Crippen LogP contribution in [0.4, 0.5) is 5.95 Å². The van der Waals surface area contributed by atoms with Crippen LogP contribution in [0.1, 0.15) is 26.2 Å². The summed E-state index contributed by atoms with van der Waals surface area (Å²) in [5.41, 5.74) is 0. The van der Waals surface area contributed by atoms with Crippen LogP contribution in [0.25, 0.3) is 0 Å². The van der Waals surface area contributed by atoms with Crippen LogP contribution >= 0.6 is 0 Å². The minimum Gasteiger partial charge on any atom is -0.341 e. The molecule has 2 heterocycles. The summed E-state index contributed by atoms with van der Waals surface area (Å²) in [5.74, 6) is 0.864. The fourth-order valence-electron chi connectivity index (χ4n) is 1.94. The van der Waals surface area contributed by atoms with Crippen LogP contribution < -0.4 is 5.32 Å². The zero-order valence-corrected chi connectivity index (χ0v) is 8.66. The van der Waals surface area contributed by atoms with Crippen molar-refractivity contribution in [2.24, 2.45) is 0 Å². The van der Waals surface area contributed by atoms with Crippen molar-refractivity contribution in [2.45, 2.75) is 32.4 Å². The van der Waals surface area contributed by atoms with Crippen molar-refractivity contribution < 1.29 is 0 Å². The first-order valence-corrected chi connectivity index (χ1v) is 5.36. The van der Waals surface area contributed by atoms with Crippen LogP contribution in [0.5, 0.6) is 0 Å². The number of rotatable bonds is 3. The van der Waals surface area contributed by atoms with Gasteiger partial charge < -0.3 is 10.3 Å². The van der Waals surface area contributed by atoms with Gasteiger partial charge in [0.05, 0.1) is 6.17 Å². The Hall–Kier alpha value is -1.03. The molecule has 14 heavy (non-hydrogen) atoms. The van der Waals surface area contributed by atoms with E-state index < -0.39 is 0 Å². The molecule has 0 bridgehead atoms. The summed E-state index contributed by atoms with van der Waals surface area (Å²) in [7, 11) is 0. The lowest BCUT2D eigenvalue weighted by Crippen LogP contribution is -2.42. The topological polar surface area (TPSA) is 44.0 Å². The number of likely N-dealkylation sites (tertiary alicyclic amines) is 1. The molecule has 2 N–H and O–H groups in total. The average molecular weight is 194 g/mol. The highest BCUT2D eigenvalue weighted by molar-refractivity contribution is 5.23. The molecule has 4 heteroatoms. The van der Waals surface area contributed by atoms with E-state index in [1.165, 1.54) is 32.4 Å². The van der Waals surface area contributed by atoms with Gasteiger partial charge >= 0.3 is 0 Å². The summed E-state index contributed by atoms with van der Waals surface area (Å²) in [5, 5.41) is 3.35. The van der Waals surface area contributed by atoms with E-state index in [1.807, 2.05) is 6.20 Å². The van der Waals surface area contributed by atoms with Gasteiger partial charge in [0.2, 0.25) is 5.95 Å². The maximum atomic E-state index is 4.16. The van der Waals surface area contributed by atoms with Crippen molar-refractivity contribution in [1.82, 2.24) is 14.9 Å². The Morgan fingerprint density at radius 1 is 1.43 bits per heavy atom. The molecule has 1 atom stereocenters. The third kappa shape index (κ3) is 2.26. The van der Waals surface area contributed by atoms with Crippen molar-refractivity contribution in [3.05, 3.63) is 12.4 Å².